The lowest BCUT2D eigenvalue weighted by Gasteiger charge is -2.03. The monoisotopic (exact) mass is 254 g/mol. The largest absolute Gasteiger partial charge is 0.291 e. The summed E-state index contributed by atoms with van der Waals surface area (Å²) in [7, 11) is 0. The molecule has 0 saturated carbocycles. The third kappa shape index (κ3) is 2.34. The first kappa shape index (κ1) is 11.1. The summed E-state index contributed by atoms with van der Waals surface area (Å²) in [5, 5.41) is 15.5. The number of H-pyrrole nitrogens is 2. The van der Waals surface area contributed by atoms with E-state index in [-0.39, 0.29) is 5.91 Å². The van der Waals surface area contributed by atoms with Crippen LogP contribution in [0.15, 0.2) is 43.0 Å². The number of nitrogens with zero attached hydrogens (tertiary/aromatic N) is 3. The molecule has 0 fully saturated rings. The molecule has 2 aromatic heterocycles. The van der Waals surface area contributed by atoms with Crippen LogP contribution in [0, 0.1) is 0 Å². The van der Waals surface area contributed by atoms with Gasteiger partial charge in [0.1, 0.15) is 6.33 Å². The van der Waals surface area contributed by atoms with Gasteiger partial charge < -0.3 is 0 Å². The molecule has 3 aromatic rings. The highest BCUT2D eigenvalue weighted by atomic mass is 16.1. The molecule has 19 heavy (non-hydrogen) atoms. The summed E-state index contributed by atoms with van der Waals surface area (Å²) in [5.74, 6) is 0.0702. The second-order valence-corrected chi connectivity index (χ2v) is 3.86. The smallest absolute Gasteiger partial charge is 0.258 e. The Balaban J connectivity index is 1.85. The van der Waals surface area contributed by atoms with E-state index in [1.54, 1.807) is 24.5 Å². The summed E-state index contributed by atoms with van der Waals surface area (Å²) >= 11 is 0. The van der Waals surface area contributed by atoms with Gasteiger partial charge in [-0.3, -0.25) is 15.2 Å². The highest BCUT2D eigenvalue weighted by Gasteiger charge is 2.09. The van der Waals surface area contributed by atoms with Gasteiger partial charge in [-0.25, -0.2) is 5.10 Å². The van der Waals surface area contributed by atoms with Crippen molar-refractivity contribution in [1.29, 1.82) is 0 Å². The van der Waals surface area contributed by atoms with Gasteiger partial charge in [0.15, 0.2) is 0 Å². The van der Waals surface area contributed by atoms with Gasteiger partial charge in [0.25, 0.3) is 5.91 Å². The Hall–Kier alpha value is -2.96. The number of nitrogens with one attached hydrogen (secondary N) is 3. The van der Waals surface area contributed by atoms with Crippen molar-refractivity contribution >= 4 is 11.9 Å². The van der Waals surface area contributed by atoms with Crippen molar-refractivity contribution in [2.45, 2.75) is 0 Å². The Kier molecular flexibility index (Phi) is 2.77. The molecule has 0 saturated heterocycles. The minimum atomic E-state index is -0.248. The van der Waals surface area contributed by atoms with Gasteiger partial charge in [-0.05, 0) is 17.7 Å². The molecule has 1 amide bonds. The van der Waals surface area contributed by atoms with Gasteiger partial charge in [0, 0.05) is 17.3 Å². The minimum Gasteiger partial charge on any atom is -0.291 e. The summed E-state index contributed by atoms with van der Waals surface area (Å²) in [5.41, 5.74) is 2.38. The van der Waals surface area contributed by atoms with E-state index in [4.69, 9.17) is 0 Å². The number of anilines is 1. The number of hydrogen-bond acceptors (Lipinski definition) is 4. The van der Waals surface area contributed by atoms with E-state index >= 15 is 0 Å². The Labute approximate surface area is 108 Å². The highest BCUT2D eigenvalue weighted by Crippen LogP contribution is 2.19. The maximum Gasteiger partial charge on any atom is 0.258 e. The first-order valence-corrected chi connectivity index (χ1v) is 5.59. The van der Waals surface area contributed by atoms with Gasteiger partial charge >= 0.3 is 0 Å². The van der Waals surface area contributed by atoms with Crippen LogP contribution in [0.4, 0.5) is 5.95 Å². The fourth-order valence-electron chi connectivity index (χ4n) is 1.69. The van der Waals surface area contributed by atoms with Crippen LogP contribution in [0.3, 0.4) is 0 Å². The molecular formula is C12H10N6O. The summed E-state index contributed by atoms with van der Waals surface area (Å²) in [6.45, 7) is 0. The van der Waals surface area contributed by atoms with E-state index in [0.717, 1.165) is 11.1 Å². The van der Waals surface area contributed by atoms with E-state index in [9.17, 15) is 4.79 Å². The Morgan fingerprint density at radius 2 is 2.16 bits per heavy atom. The van der Waals surface area contributed by atoms with Crippen LogP contribution in [0.1, 0.15) is 10.4 Å². The fourth-order valence-corrected chi connectivity index (χ4v) is 1.69. The number of amides is 1. The summed E-state index contributed by atoms with van der Waals surface area (Å²) in [6.07, 6.45) is 4.80. The molecule has 0 unspecified atom stereocenters. The average molecular weight is 254 g/mol. The van der Waals surface area contributed by atoms with Gasteiger partial charge in [0.05, 0.1) is 6.20 Å². The molecule has 0 atom stereocenters. The van der Waals surface area contributed by atoms with Crippen molar-refractivity contribution in [3.8, 4) is 11.1 Å². The van der Waals surface area contributed by atoms with E-state index in [1.807, 2.05) is 12.1 Å². The highest BCUT2D eigenvalue weighted by molar-refractivity contribution is 6.04. The molecule has 7 nitrogen and oxygen atoms in total. The van der Waals surface area contributed by atoms with Crippen LogP contribution in [0.25, 0.3) is 11.1 Å². The Bertz CT molecular complexity index is 674. The Morgan fingerprint density at radius 3 is 2.89 bits per heavy atom. The number of aromatic amines is 2. The normalized spacial score (nSPS) is 10.3. The summed E-state index contributed by atoms with van der Waals surface area (Å²) in [6, 6.07) is 7.25. The van der Waals surface area contributed by atoms with Gasteiger partial charge in [-0.1, -0.05) is 12.1 Å². The van der Waals surface area contributed by atoms with E-state index in [0.29, 0.717) is 11.5 Å². The van der Waals surface area contributed by atoms with E-state index in [2.05, 4.69) is 30.7 Å². The van der Waals surface area contributed by atoms with Crippen LogP contribution < -0.4 is 5.32 Å². The molecule has 0 aliphatic carbocycles. The maximum atomic E-state index is 12.0. The number of aromatic nitrogens is 5. The van der Waals surface area contributed by atoms with Crippen LogP contribution in [0.2, 0.25) is 0 Å². The molecule has 3 rings (SSSR count). The average Bonchev–Trinajstić information content (AvgIpc) is 3.12. The number of carbonyl (C=O) groups excluding carboxylic acids is 1. The topological polar surface area (TPSA) is 99.3 Å². The molecule has 0 spiro atoms. The van der Waals surface area contributed by atoms with Crippen LogP contribution >= 0.6 is 0 Å². The summed E-state index contributed by atoms with van der Waals surface area (Å²) < 4.78 is 0. The molecule has 1 aromatic carbocycles. The lowest BCUT2D eigenvalue weighted by molar-refractivity contribution is 0.102. The predicted molar refractivity (Wildman–Crippen MR) is 68.4 cm³/mol. The molecule has 2 heterocycles. The van der Waals surface area contributed by atoms with Gasteiger partial charge in [-0.15, -0.1) is 0 Å². The Morgan fingerprint density at radius 1 is 1.21 bits per heavy atom. The van der Waals surface area contributed by atoms with Crippen LogP contribution in [0.5, 0.6) is 0 Å². The molecular weight excluding hydrogens is 244 g/mol. The lowest BCUT2D eigenvalue weighted by atomic mass is 10.1. The van der Waals surface area contributed by atoms with Crippen molar-refractivity contribution in [3.63, 3.8) is 0 Å². The van der Waals surface area contributed by atoms with Crippen molar-refractivity contribution in [2.75, 3.05) is 5.32 Å². The second-order valence-electron chi connectivity index (χ2n) is 3.86. The summed E-state index contributed by atoms with van der Waals surface area (Å²) in [4.78, 5) is 15.9. The molecule has 94 valence electrons. The number of hydrogen-bond donors (Lipinski definition) is 3. The van der Waals surface area contributed by atoms with E-state index in [1.165, 1.54) is 6.33 Å². The molecule has 7 heteroatoms. The zero-order valence-electron chi connectivity index (χ0n) is 9.79. The molecule has 0 aliphatic heterocycles. The third-order valence-corrected chi connectivity index (χ3v) is 2.60. The first-order valence-electron chi connectivity index (χ1n) is 5.59. The zero-order valence-corrected chi connectivity index (χ0v) is 9.79. The third-order valence-electron chi connectivity index (χ3n) is 2.60. The minimum absolute atomic E-state index is 0.248. The quantitative estimate of drug-likeness (QED) is 0.658. The fraction of sp³-hybridized carbons (Fsp3) is 0. The zero-order chi connectivity index (χ0) is 13.1. The number of benzene rings is 1. The molecule has 0 aliphatic rings. The molecule has 0 radical (unpaired) electrons. The first-order chi connectivity index (χ1) is 9.33. The second kappa shape index (κ2) is 4.73. The molecule has 0 bridgehead atoms. The van der Waals surface area contributed by atoms with Crippen LogP contribution in [-0.4, -0.2) is 31.3 Å². The lowest BCUT2D eigenvalue weighted by Crippen LogP contribution is -2.12. The van der Waals surface area contributed by atoms with Gasteiger partial charge in [-0.2, -0.15) is 15.2 Å². The van der Waals surface area contributed by atoms with Gasteiger partial charge in [0.2, 0.25) is 5.95 Å². The standard InChI is InChI=1S/C12H10N6O/c19-11(17-12-13-7-16-18-12)9-3-1-2-8(4-9)10-5-14-15-6-10/h1-7H,(H,14,15)(H2,13,16,17,18,19). The van der Waals surface area contributed by atoms with E-state index < -0.39 is 0 Å². The van der Waals surface area contributed by atoms with Crippen molar-refractivity contribution in [1.82, 2.24) is 25.4 Å². The number of carbonyl (C=O) groups is 1. The van der Waals surface area contributed by atoms with Crippen LogP contribution in [-0.2, 0) is 0 Å². The van der Waals surface area contributed by atoms with Crippen molar-refractivity contribution < 1.29 is 4.79 Å². The van der Waals surface area contributed by atoms with Crippen molar-refractivity contribution in [2.24, 2.45) is 0 Å². The molecule has 3 N–H and O–H groups in total. The predicted octanol–water partition coefficient (Wildman–Crippen LogP) is 1.45. The number of rotatable bonds is 3. The SMILES string of the molecule is O=C(Nc1ncn[nH]1)c1cccc(-c2cn[nH]c2)c1. The maximum absolute atomic E-state index is 12.0. The van der Waals surface area contributed by atoms with Crippen molar-refractivity contribution in [3.05, 3.63) is 48.5 Å².